The van der Waals surface area contributed by atoms with E-state index in [0.29, 0.717) is 30.1 Å². The summed E-state index contributed by atoms with van der Waals surface area (Å²) in [6.07, 6.45) is 1.15. The van der Waals surface area contributed by atoms with Gasteiger partial charge in [0.2, 0.25) is 0 Å². The lowest BCUT2D eigenvalue weighted by Crippen LogP contribution is -2.52. The fourth-order valence-electron chi connectivity index (χ4n) is 2.27. The van der Waals surface area contributed by atoms with Gasteiger partial charge >= 0.3 is 12.0 Å². The summed E-state index contributed by atoms with van der Waals surface area (Å²) in [5.74, 6) is -0.980. The molecule has 6 heteroatoms. The summed E-state index contributed by atoms with van der Waals surface area (Å²) in [6.45, 7) is 2.01. The number of amides is 2. The number of nitrogens with one attached hydrogen (secondary N) is 1. The zero-order valence-electron chi connectivity index (χ0n) is 10.5. The highest BCUT2D eigenvalue weighted by Gasteiger charge is 2.45. The molecule has 1 aromatic carbocycles. The van der Waals surface area contributed by atoms with Crippen LogP contribution in [0.15, 0.2) is 24.3 Å². The van der Waals surface area contributed by atoms with Crippen LogP contribution in [-0.2, 0) is 4.79 Å². The van der Waals surface area contributed by atoms with Crippen molar-refractivity contribution in [3.63, 3.8) is 0 Å². The standard InChI is InChI=1S/C13H15ClN2O3/c1-13(11(17)18)6-3-7-16(13)12(19)15-10-5-2-4-9(14)8-10/h2,4-5,8H,3,6-7H2,1H3,(H,15,19)(H,17,18). The third-order valence-electron chi connectivity index (χ3n) is 3.42. The van der Waals surface area contributed by atoms with Gasteiger partial charge in [-0.3, -0.25) is 0 Å². The highest BCUT2D eigenvalue weighted by molar-refractivity contribution is 6.30. The molecule has 0 radical (unpaired) electrons. The Morgan fingerprint density at radius 2 is 2.21 bits per heavy atom. The number of halogens is 1. The van der Waals surface area contributed by atoms with Crippen LogP contribution in [0.3, 0.4) is 0 Å². The number of anilines is 1. The van der Waals surface area contributed by atoms with Crippen LogP contribution in [0.4, 0.5) is 10.5 Å². The van der Waals surface area contributed by atoms with Crippen molar-refractivity contribution in [3.05, 3.63) is 29.3 Å². The van der Waals surface area contributed by atoms with E-state index in [1.807, 2.05) is 0 Å². The molecule has 0 bridgehead atoms. The molecule has 0 spiro atoms. The van der Waals surface area contributed by atoms with Crippen LogP contribution in [-0.4, -0.2) is 34.1 Å². The van der Waals surface area contributed by atoms with E-state index in [4.69, 9.17) is 11.6 Å². The first-order chi connectivity index (χ1) is 8.93. The second kappa shape index (κ2) is 5.09. The second-order valence-electron chi connectivity index (χ2n) is 4.77. The maximum absolute atomic E-state index is 12.2. The first-order valence-electron chi connectivity index (χ1n) is 6.01. The van der Waals surface area contributed by atoms with Gasteiger partial charge in [-0.2, -0.15) is 0 Å². The molecule has 1 unspecified atom stereocenters. The maximum atomic E-state index is 12.2. The normalized spacial score (nSPS) is 22.3. The molecule has 1 aliphatic heterocycles. The molecule has 5 nitrogen and oxygen atoms in total. The average Bonchev–Trinajstić information content (AvgIpc) is 2.73. The van der Waals surface area contributed by atoms with E-state index >= 15 is 0 Å². The van der Waals surface area contributed by atoms with Crippen LogP contribution in [0.2, 0.25) is 5.02 Å². The van der Waals surface area contributed by atoms with Crippen LogP contribution >= 0.6 is 11.6 Å². The van der Waals surface area contributed by atoms with Gasteiger partial charge in [-0.15, -0.1) is 0 Å². The van der Waals surface area contributed by atoms with E-state index in [0.717, 1.165) is 0 Å². The van der Waals surface area contributed by atoms with Gasteiger partial charge in [-0.1, -0.05) is 17.7 Å². The van der Waals surface area contributed by atoms with Crippen LogP contribution in [0.1, 0.15) is 19.8 Å². The summed E-state index contributed by atoms with van der Waals surface area (Å²) < 4.78 is 0. The SMILES string of the molecule is CC1(C(=O)O)CCCN1C(=O)Nc1cccc(Cl)c1. The third kappa shape index (κ3) is 2.66. The Bertz CT molecular complexity index is 520. The van der Waals surface area contributed by atoms with Crippen molar-refractivity contribution in [1.82, 2.24) is 4.90 Å². The Morgan fingerprint density at radius 3 is 2.84 bits per heavy atom. The van der Waals surface area contributed by atoms with Crippen molar-refractivity contribution in [2.75, 3.05) is 11.9 Å². The number of rotatable bonds is 2. The Kier molecular flexibility index (Phi) is 3.66. The zero-order valence-corrected chi connectivity index (χ0v) is 11.3. The molecule has 2 rings (SSSR count). The fourth-order valence-corrected chi connectivity index (χ4v) is 2.46. The summed E-state index contributed by atoms with van der Waals surface area (Å²) in [4.78, 5) is 24.8. The molecule has 2 amide bonds. The van der Waals surface area contributed by atoms with E-state index in [9.17, 15) is 14.7 Å². The van der Waals surface area contributed by atoms with Crippen LogP contribution in [0, 0.1) is 0 Å². The predicted molar refractivity (Wildman–Crippen MR) is 72.5 cm³/mol. The molecule has 102 valence electrons. The van der Waals surface area contributed by atoms with E-state index < -0.39 is 17.5 Å². The van der Waals surface area contributed by atoms with Gasteiger partial charge < -0.3 is 15.3 Å². The number of carboxylic acid groups (broad SMARTS) is 1. The van der Waals surface area contributed by atoms with E-state index in [2.05, 4.69) is 5.32 Å². The van der Waals surface area contributed by atoms with Gasteiger partial charge in [0.15, 0.2) is 0 Å². The highest BCUT2D eigenvalue weighted by atomic mass is 35.5. The molecule has 19 heavy (non-hydrogen) atoms. The minimum absolute atomic E-state index is 0.412. The largest absolute Gasteiger partial charge is 0.480 e. The summed E-state index contributed by atoms with van der Waals surface area (Å²) in [5.41, 5.74) is -0.583. The number of benzene rings is 1. The second-order valence-corrected chi connectivity index (χ2v) is 5.21. The molecule has 0 aromatic heterocycles. The number of hydrogen-bond acceptors (Lipinski definition) is 2. The van der Waals surface area contributed by atoms with Crippen LogP contribution < -0.4 is 5.32 Å². The molecule has 1 saturated heterocycles. The highest BCUT2D eigenvalue weighted by Crippen LogP contribution is 2.30. The molecule has 1 fully saturated rings. The van der Waals surface area contributed by atoms with Gasteiger partial charge in [-0.25, -0.2) is 9.59 Å². The van der Waals surface area contributed by atoms with Gasteiger partial charge in [-0.05, 0) is 38.0 Å². The lowest BCUT2D eigenvalue weighted by molar-refractivity contribution is -0.146. The van der Waals surface area contributed by atoms with E-state index in [1.165, 1.54) is 4.90 Å². The first-order valence-corrected chi connectivity index (χ1v) is 6.39. The third-order valence-corrected chi connectivity index (χ3v) is 3.66. The van der Waals surface area contributed by atoms with Crippen molar-refractivity contribution in [3.8, 4) is 0 Å². The van der Waals surface area contributed by atoms with Gasteiger partial charge in [0.25, 0.3) is 0 Å². The number of carboxylic acids is 1. The zero-order chi connectivity index (χ0) is 14.0. The monoisotopic (exact) mass is 282 g/mol. The summed E-state index contributed by atoms with van der Waals surface area (Å²) in [6, 6.07) is 6.34. The fraction of sp³-hybridized carbons (Fsp3) is 0.385. The first kappa shape index (κ1) is 13.7. The molecule has 1 atom stereocenters. The Hall–Kier alpha value is -1.75. The predicted octanol–water partition coefficient (Wildman–Crippen LogP) is 2.81. The van der Waals surface area contributed by atoms with E-state index in [1.54, 1.807) is 31.2 Å². The molecular weight excluding hydrogens is 268 g/mol. The summed E-state index contributed by atoms with van der Waals surface area (Å²) in [5, 5.41) is 12.4. The summed E-state index contributed by atoms with van der Waals surface area (Å²) in [7, 11) is 0. The number of nitrogens with zero attached hydrogens (tertiary/aromatic N) is 1. The Balaban J connectivity index is 2.14. The number of aliphatic carboxylic acids is 1. The Morgan fingerprint density at radius 1 is 1.47 bits per heavy atom. The molecule has 0 aliphatic carbocycles. The number of likely N-dealkylation sites (tertiary alicyclic amines) is 1. The lowest BCUT2D eigenvalue weighted by atomic mass is 10.00. The van der Waals surface area contributed by atoms with Crippen molar-refractivity contribution >= 4 is 29.3 Å². The van der Waals surface area contributed by atoms with Gasteiger partial charge in [0.1, 0.15) is 5.54 Å². The molecule has 1 heterocycles. The molecule has 1 aliphatic rings. The van der Waals surface area contributed by atoms with Crippen molar-refractivity contribution in [1.29, 1.82) is 0 Å². The quantitative estimate of drug-likeness (QED) is 0.876. The molecule has 1 aromatic rings. The lowest BCUT2D eigenvalue weighted by Gasteiger charge is -2.31. The molecule has 0 saturated carbocycles. The smallest absolute Gasteiger partial charge is 0.329 e. The maximum Gasteiger partial charge on any atom is 0.329 e. The molecular formula is C13H15ClN2O3. The van der Waals surface area contributed by atoms with Crippen molar-refractivity contribution in [2.45, 2.75) is 25.3 Å². The topological polar surface area (TPSA) is 69.6 Å². The van der Waals surface area contributed by atoms with Crippen LogP contribution in [0.5, 0.6) is 0 Å². The molecule has 2 N–H and O–H groups in total. The van der Waals surface area contributed by atoms with Gasteiger partial charge in [0, 0.05) is 17.3 Å². The summed E-state index contributed by atoms with van der Waals surface area (Å²) >= 11 is 5.84. The van der Waals surface area contributed by atoms with Gasteiger partial charge in [0.05, 0.1) is 0 Å². The number of carbonyl (C=O) groups excluding carboxylic acids is 1. The number of urea groups is 1. The minimum atomic E-state index is -1.14. The number of carbonyl (C=O) groups is 2. The van der Waals surface area contributed by atoms with Crippen LogP contribution in [0.25, 0.3) is 0 Å². The van der Waals surface area contributed by atoms with E-state index in [-0.39, 0.29) is 0 Å². The van der Waals surface area contributed by atoms with Crippen molar-refractivity contribution in [2.24, 2.45) is 0 Å². The minimum Gasteiger partial charge on any atom is -0.480 e. The number of hydrogen-bond donors (Lipinski definition) is 2. The Labute approximate surface area is 116 Å². The average molecular weight is 283 g/mol. The van der Waals surface area contributed by atoms with Crippen molar-refractivity contribution < 1.29 is 14.7 Å².